The monoisotopic (exact) mass is 312 g/mol. The Kier molecular flexibility index (Phi) is 4.77. The number of nitrogens with zero attached hydrogens (tertiary/aromatic N) is 5. The number of anilines is 1. The first-order valence-electron chi connectivity index (χ1n) is 7.65. The molecule has 0 aromatic carbocycles. The maximum Gasteiger partial charge on any atom is 0.274 e. The zero-order chi connectivity index (χ0) is 16.1. The molecule has 1 aliphatic heterocycles. The lowest BCUT2D eigenvalue weighted by atomic mass is 10.3. The molecular weight excluding hydrogens is 292 g/mol. The molecule has 0 saturated carbocycles. The molecule has 0 aliphatic carbocycles. The first-order valence-corrected chi connectivity index (χ1v) is 7.65. The summed E-state index contributed by atoms with van der Waals surface area (Å²) in [5, 5.41) is 3.17. The molecule has 3 heterocycles. The molecule has 2 aromatic rings. The van der Waals surface area contributed by atoms with Crippen molar-refractivity contribution in [3.8, 4) is 0 Å². The quantitative estimate of drug-likeness (QED) is 0.903. The minimum atomic E-state index is -0.0515. The van der Waals surface area contributed by atoms with Gasteiger partial charge in [0.25, 0.3) is 5.91 Å². The van der Waals surface area contributed by atoms with E-state index in [1.165, 1.54) is 6.20 Å². The van der Waals surface area contributed by atoms with Gasteiger partial charge in [-0.2, -0.15) is 0 Å². The summed E-state index contributed by atoms with van der Waals surface area (Å²) in [7, 11) is 2.06. The summed E-state index contributed by atoms with van der Waals surface area (Å²) < 4.78 is 0. The standard InChI is InChI=1S/C16H20N6O/c1-21-5-7-22(8-6-21)16(23)14-11-20-15(12-18-14)19-10-13-3-2-4-17-9-13/h2-4,9,11-12H,5-8,10H2,1H3,(H,19,20). The van der Waals surface area contributed by atoms with Gasteiger partial charge in [-0.05, 0) is 18.7 Å². The van der Waals surface area contributed by atoms with Crippen LogP contribution in [0, 0.1) is 0 Å². The van der Waals surface area contributed by atoms with Crippen LogP contribution in [0.3, 0.4) is 0 Å². The highest BCUT2D eigenvalue weighted by Gasteiger charge is 2.21. The third-order valence-corrected chi connectivity index (χ3v) is 3.86. The van der Waals surface area contributed by atoms with E-state index in [0.29, 0.717) is 18.1 Å². The van der Waals surface area contributed by atoms with E-state index in [1.54, 1.807) is 18.6 Å². The van der Waals surface area contributed by atoms with Gasteiger partial charge >= 0.3 is 0 Å². The van der Waals surface area contributed by atoms with E-state index in [0.717, 1.165) is 31.7 Å². The Morgan fingerprint density at radius 2 is 2.00 bits per heavy atom. The second-order valence-corrected chi connectivity index (χ2v) is 5.60. The first kappa shape index (κ1) is 15.4. The second-order valence-electron chi connectivity index (χ2n) is 5.60. The van der Waals surface area contributed by atoms with Crippen LogP contribution in [0.5, 0.6) is 0 Å². The van der Waals surface area contributed by atoms with E-state index in [4.69, 9.17) is 0 Å². The van der Waals surface area contributed by atoms with E-state index in [9.17, 15) is 4.79 Å². The number of piperazine rings is 1. The Bertz CT molecular complexity index is 637. The molecule has 2 aromatic heterocycles. The molecule has 1 saturated heterocycles. The van der Waals surface area contributed by atoms with Gasteiger partial charge in [0.2, 0.25) is 0 Å². The predicted molar refractivity (Wildman–Crippen MR) is 87.0 cm³/mol. The van der Waals surface area contributed by atoms with Crippen LogP contribution in [0.15, 0.2) is 36.9 Å². The normalized spacial score (nSPS) is 15.4. The SMILES string of the molecule is CN1CCN(C(=O)c2cnc(NCc3cccnc3)cn2)CC1. The fourth-order valence-corrected chi connectivity index (χ4v) is 2.40. The molecule has 0 atom stereocenters. The van der Waals surface area contributed by atoms with Crippen molar-refractivity contribution in [3.05, 3.63) is 48.2 Å². The molecule has 7 nitrogen and oxygen atoms in total. The third kappa shape index (κ3) is 4.01. The van der Waals surface area contributed by atoms with Gasteiger partial charge in [-0.1, -0.05) is 6.07 Å². The number of amides is 1. The molecule has 3 rings (SSSR count). The zero-order valence-corrected chi connectivity index (χ0v) is 13.1. The summed E-state index contributed by atoms with van der Waals surface area (Å²) in [6, 6.07) is 3.87. The molecule has 0 spiro atoms. The van der Waals surface area contributed by atoms with Crippen LogP contribution in [0.4, 0.5) is 5.82 Å². The molecule has 0 unspecified atom stereocenters. The van der Waals surface area contributed by atoms with Gasteiger partial charge in [-0.3, -0.25) is 9.78 Å². The van der Waals surface area contributed by atoms with Crippen molar-refractivity contribution >= 4 is 11.7 Å². The number of carbonyl (C=O) groups excluding carboxylic acids is 1. The number of nitrogens with one attached hydrogen (secondary N) is 1. The smallest absolute Gasteiger partial charge is 0.274 e. The summed E-state index contributed by atoms with van der Waals surface area (Å²) in [5.74, 6) is 0.591. The molecule has 1 amide bonds. The first-order chi connectivity index (χ1) is 11.2. The highest BCUT2D eigenvalue weighted by atomic mass is 16.2. The van der Waals surface area contributed by atoms with Crippen LogP contribution in [-0.2, 0) is 6.54 Å². The van der Waals surface area contributed by atoms with Gasteiger partial charge in [0.15, 0.2) is 0 Å². The van der Waals surface area contributed by atoms with E-state index in [1.807, 2.05) is 17.0 Å². The van der Waals surface area contributed by atoms with Crippen molar-refractivity contribution in [2.75, 3.05) is 38.5 Å². The number of likely N-dealkylation sites (N-methyl/N-ethyl adjacent to an activating group) is 1. The molecule has 23 heavy (non-hydrogen) atoms. The Morgan fingerprint density at radius 3 is 2.65 bits per heavy atom. The number of rotatable bonds is 4. The maximum atomic E-state index is 12.4. The average Bonchev–Trinajstić information content (AvgIpc) is 2.61. The molecule has 0 bridgehead atoms. The van der Waals surface area contributed by atoms with E-state index in [-0.39, 0.29) is 5.91 Å². The van der Waals surface area contributed by atoms with Gasteiger partial charge in [-0.15, -0.1) is 0 Å². The number of hydrogen-bond acceptors (Lipinski definition) is 6. The van der Waals surface area contributed by atoms with Crippen LogP contribution in [0.2, 0.25) is 0 Å². The lowest BCUT2D eigenvalue weighted by Gasteiger charge is -2.32. The molecule has 1 N–H and O–H groups in total. The molecule has 1 aliphatic rings. The van der Waals surface area contributed by atoms with E-state index >= 15 is 0 Å². The van der Waals surface area contributed by atoms with Gasteiger partial charge in [0, 0.05) is 45.1 Å². The fourth-order valence-electron chi connectivity index (χ4n) is 2.40. The number of carbonyl (C=O) groups is 1. The lowest BCUT2D eigenvalue weighted by molar-refractivity contribution is 0.0658. The maximum absolute atomic E-state index is 12.4. The number of pyridine rings is 1. The van der Waals surface area contributed by atoms with Crippen molar-refractivity contribution in [1.82, 2.24) is 24.8 Å². The Labute approximate surface area is 135 Å². The van der Waals surface area contributed by atoms with Crippen LogP contribution in [0.25, 0.3) is 0 Å². The molecule has 7 heteroatoms. The zero-order valence-electron chi connectivity index (χ0n) is 13.1. The van der Waals surface area contributed by atoms with Gasteiger partial charge < -0.3 is 15.1 Å². The fraction of sp³-hybridized carbons (Fsp3) is 0.375. The largest absolute Gasteiger partial charge is 0.365 e. The van der Waals surface area contributed by atoms with E-state index in [2.05, 4.69) is 32.2 Å². The second kappa shape index (κ2) is 7.15. The molecule has 0 radical (unpaired) electrons. The Morgan fingerprint density at radius 1 is 1.17 bits per heavy atom. The topological polar surface area (TPSA) is 74.2 Å². The average molecular weight is 312 g/mol. The number of hydrogen-bond donors (Lipinski definition) is 1. The lowest BCUT2D eigenvalue weighted by Crippen LogP contribution is -2.47. The minimum absolute atomic E-state index is 0.0515. The number of aromatic nitrogens is 3. The van der Waals surface area contributed by atoms with Crippen LogP contribution < -0.4 is 5.32 Å². The van der Waals surface area contributed by atoms with Crippen molar-refractivity contribution in [1.29, 1.82) is 0 Å². The van der Waals surface area contributed by atoms with Crippen LogP contribution in [-0.4, -0.2) is 63.9 Å². The Hall–Kier alpha value is -2.54. The highest BCUT2D eigenvalue weighted by molar-refractivity contribution is 5.92. The highest BCUT2D eigenvalue weighted by Crippen LogP contribution is 2.08. The van der Waals surface area contributed by atoms with Gasteiger partial charge in [-0.25, -0.2) is 9.97 Å². The molecule has 120 valence electrons. The Balaban J connectivity index is 1.57. The van der Waals surface area contributed by atoms with E-state index < -0.39 is 0 Å². The summed E-state index contributed by atoms with van der Waals surface area (Å²) in [4.78, 5) is 29.0. The summed E-state index contributed by atoms with van der Waals surface area (Å²) in [5.41, 5.74) is 1.45. The summed E-state index contributed by atoms with van der Waals surface area (Å²) in [6.45, 7) is 3.87. The predicted octanol–water partition coefficient (Wildman–Crippen LogP) is 0.871. The van der Waals surface area contributed by atoms with Gasteiger partial charge in [0.1, 0.15) is 11.5 Å². The van der Waals surface area contributed by atoms with Crippen molar-refractivity contribution < 1.29 is 4.79 Å². The molecule has 1 fully saturated rings. The van der Waals surface area contributed by atoms with Crippen molar-refractivity contribution in [2.24, 2.45) is 0 Å². The van der Waals surface area contributed by atoms with Crippen LogP contribution in [0.1, 0.15) is 16.1 Å². The summed E-state index contributed by atoms with van der Waals surface area (Å²) in [6.07, 6.45) is 6.67. The third-order valence-electron chi connectivity index (χ3n) is 3.86. The minimum Gasteiger partial charge on any atom is -0.365 e. The molecular formula is C16H20N6O. The summed E-state index contributed by atoms with van der Waals surface area (Å²) >= 11 is 0. The van der Waals surface area contributed by atoms with Crippen molar-refractivity contribution in [3.63, 3.8) is 0 Å². The van der Waals surface area contributed by atoms with Crippen molar-refractivity contribution in [2.45, 2.75) is 6.54 Å². The van der Waals surface area contributed by atoms with Gasteiger partial charge in [0.05, 0.1) is 12.4 Å². The van der Waals surface area contributed by atoms with Crippen LogP contribution >= 0.6 is 0 Å².